The van der Waals surface area contributed by atoms with Crippen LogP contribution in [0.25, 0.3) is 0 Å². The minimum absolute atomic E-state index is 0.603. The van der Waals surface area contributed by atoms with Crippen molar-refractivity contribution in [2.24, 2.45) is 5.29 Å². The quantitative estimate of drug-likeness (QED) is 0.538. The van der Waals surface area contributed by atoms with Crippen molar-refractivity contribution in [2.45, 2.75) is 19.3 Å². The molecule has 3 rings (SSSR count). The van der Waals surface area contributed by atoms with E-state index >= 15 is 0 Å². The third kappa shape index (κ3) is 3.65. The van der Waals surface area contributed by atoms with Crippen LogP contribution in [0.15, 0.2) is 41.7 Å². The van der Waals surface area contributed by atoms with Crippen LogP contribution < -0.4 is 4.90 Å². The summed E-state index contributed by atoms with van der Waals surface area (Å²) in [7, 11) is 1.69. The van der Waals surface area contributed by atoms with Crippen molar-refractivity contribution in [1.29, 1.82) is 0 Å². The number of benzene rings is 2. The number of halogens is 2. The summed E-state index contributed by atoms with van der Waals surface area (Å²) >= 11 is 12.5. The van der Waals surface area contributed by atoms with E-state index in [2.05, 4.69) is 22.3 Å². The molecule has 0 saturated carbocycles. The zero-order valence-electron chi connectivity index (χ0n) is 13.5. The molecule has 0 spiro atoms. The summed E-state index contributed by atoms with van der Waals surface area (Å²) in [5.41, 5.74) is 4.78. The smallest absolute Gasteiger partial charge is 0.0521 e. The topological polar surface area (TPSA) is 35.9 Å². The average molecular weight is 364 g/mol. The van der Waals surface area contributed by atoms with E-state index in [0.29, 0.717) is 6.54 Å². The molecule has 2 aromatic rings. The minimum atomic E-state index is 0.603. The average Bonchev–Trinajstić information content (AvgIpc) is 2.72. The van der Waals surface area contributed by atoms with Gasteiger partial charge in [0.2, 0.25) is 0 Å². The molecular formula is C18H19Cl2N3O. The molecule has 0 N–H and O–H groups in total. The van der Waals surface area contributed by atoms with E-state index in [0.717, 1.165) is 47.2 Å². The summed E-state index contributed by atoms with van der Waals surface area (Å²) in [6.07, 6.45) is 2.74. The number of aryl methyl sites for hydroxylation is 2. The second kappa shape index (κ2) is 7.41. The fourth-order valence-corrected chi connectivity index (χ4v) is 3.47. The number of rotatable bonds is 5. The van der Waals surface area contributed by atoms with Gasteiger partial charge in [-0.05, 0) is 54.7 Å². The SMILES string of the molecule is CN(CCCN1c2cc(Cl)ccc2CCc2ccc(Cl)cc21)N=O. The highest BCUT2D eigenvalue weighted by Gasteiger charge is 2.21. The van der Waals surface area contributed by atoms with E-state index in [9.17, 15) is 4.91 Å². The van der Waals surface area contributed by atoms with E-state index in [-0.39, 0.29) is 0 Å². The van der Waals surface area contributed by atoms with Crippen LogP contribution in [0.2, 0.25) is 10.0 Å². The van der Waals surface area contributed by atoms with Crippen molar-refractivity contribution < 1.29 is 0 Å². The van der Waals surface area contributed by atoms with Crippen LogP contribution in [0, 0.1) is 4.91 Å². The molecule has 0 atom stereocenters. The zero-order valence-corrected chi connectivity index (χ0v) is 15.0. The first-order valence-electron chi connectivity index (χ1n) is 7.97. The normalized spacial score (nSPS) is 13.0. The Labute approximate surface area is 151 Å². The third-order valence-corrected chi connectivity index (χ3v) is 4.81. The van der Waals surface area contributed by atoms with Crippen molar-refractivity contribution >= 4 is 34.6 Å². The standard InChI is InChI=1S/C18H19Cl2N3O/c1-22(21-24)9-2-10-23-17-11-15(19)7-5-13(17)3-4-14-6-8-16(20)12-18(14)23/h5-8,11-12H,2-4,9-10H2,1H3. The highest BCUT2D eigenvalue weighted by molar-refractivity contribution is 6.31. The minimum Gasteiger partial charge on any atom is -0.341 e. The summed E-state index contributed by atoms with van der Waals surface area (Å²) in [5, 5.41) is 5.78. The maximum Gasteiger partial charge on any atom is 0.0521 e. The molecule has 1 aliphatic rings. The molecule has 0 aromatic heterocycles. The molecule has 1 aliphatic heterocycles. The molecule has 0 bridgehead atoms. The zero-order chi connectivity index (χ0) is 17.1. The highest BCUT2D eigenvalue weighted by Crippen LogP contribution is 2.38. The van der Waals surface area contributed by atoms with E-state index in [4.69, 9.17) is 23.2 Å². The van der Waals surface area contributed by atoms with Crippen molar-refractivity contribution in [3.05, 3.63) is 62.5 Å². The van der Waals surface area contributed by atoms with E-state index in [1.807, 2.05) is 24.3 Å². The van der Waals surface area contributed by atoms with Crippen molar-refractivity contribution in [1.82, 2.24) is 5.01 Å². The second-order valence-corrected chi connectivity index (χ2v) is 6.89. The molecule has 0 fully saturated rings. The lowest BCUT2D eigenvalue weighted by atomic mass is 10.0. The largest absolute Gasteiger partial charge is 0.341 e. The molecule has 1 heterocycles. The fourth-order valence-electron chi connectivity index (χ4n) is 3.14. The molecule has 24 heavy (non-hydrogen) atoms. The highest BCUT2D eigenvalue weighted by atomic mass is 35.5. The Morgan fingerprint density at radius 2 is 1.58 bits per heavy atom. The number of nitrogens with zero attached hydrogens (tertiary/aromatic N) is 3. The summed E-state index contributed by atoms with van der Waals surface area (Å²) < 4.78 is 0. The lowest BCUT2D eigenvalue weighted by Gasteiger charge is -2.27. The molecule has 6 heteroatoms. The fraction of sp³-hybridized carbons (Fsp3) is 0.333. The molecular weight excluding hydrogens is 345 g/mol. The number of fused-ring (bicyclic) bond motifs is 2. The number of hydrogen-bond acceptors (Lipinski definition) is 3. The van der Waals surface area contributed by atoms with Gasteiger partial charge in [0.15, 0.2) is 0 Å². The first kappa shape index (κ1) is 17.1. The molecule has 0 unspecified atom stereocenters. The van der Waals surface area contributed by atoms with Gasteiger partial charge in [0.05, 0.1) is 5.29 Å². The van der Waals surface area contributed by atoms with Crippen LogP contribution in [0.3, 0.4) is 0 Å². The van der Waals surface area contributed by atoms with Crippen molar-refractivity contribution in [2.75, 3.05) is 25.0 Å². The lowest BCUT2D eigenvalue weighted by molar-refractivity contribution is 0.345. The van der Waals surface area contributed by atoms with Crippen LogP contribution in [-0.2, 0) is 12.8 Å². The van der Waals surface area contributed by atoms with Crippen LogP contribution in [0.1, 0.15) is 17.5 Å². The first-order valence-corrected chi connectivity index (χ1v) is 8.73. The van der Waals surface area contributed by atoms with Crippen molar-refractivity contribution in [3.8, 4) is 0 Å². The molecule has 4 nitrogen and oxygen atoms in total. The van der Waals surface area contributed by atoms with Crippen LogP contribution >= 0.6 is 23.2 Å². The summed E-state index contributed by atoms with van der Waals surface area (Å²) in [6.45, 7) is 1.37. The van der Waals surface area contributed by atoms with Gasteiger partial charge >= 0.3 is 0 Å². The third-order valence-electron chi connectivity index (χ3n) is 4.34. The summed E-state index contributed by atoms with van der Waals surface area (Å²) in [6, 6.07) is 12.1. The van der Waals surface area contributed by atoms with E-state index in [1.54, 1.807) is 7.05 Å². The molecule has 0 radical (unpaired) electrons. The van der Waals surface area contributed by atoms with Gasteiger partial charge in [-0.25, -0.2) is 0 Å². The van der Waals surface area contributed by atoms with Gasteiger partial charge < -0.3 is 4.90 Å². The van der Waals surface area contributed by atoms with Crippen LogP contribution in [-0.4, -0.2) is 25.1 Å². The Hall–Kier alpha value is -1.78. The lowest BCUT2D eigenvalue weighted by Crippen LogP contribution is -2.23. The Bertz CT molecular complexity index is 698. The molecule has 2 aromatic carbocycles. The number of nitroso groups, excluding NO2 is 1. The maximum atomic E-state index is 10.6. The van der Waals surface area contributed by atoms with Gasteiger partial charge in [0, 0.05) is 41.6 Å². The molecule has 0 amide bonds. The number of anilines is 2. The Morgan fingerprint density at radius 3 is 2.08 bits per heavy atom. The van der Waals surface area contributed by atoms with E-state index < -0.39 is 0 Å². The van der Waals surface area contributed by atoms with Gasteiger partial charge in [0.25, 0.3) is 0 Å². The monoisotopic (exact) mass is 363 g/mol. The summed E-state index contributed by atoms with van der Waals surface area (Å²) in [5.74, 6) is 0. The Morgan fingerprint density at radius 1 is 1.04 bits per heavy atom. The Kier molecular flexibility index (Phi) is 5.27. The van der Waals surface area contributed by atoms with Crippen molar-refractivity contribution in [3.63, 3.8) is 0 Å². The molecule has 0 aliphatic carbocycles. The first-order chi connectivity index (χ1) is 11.6. The number of hydrogen-bond donors (Lipinski definition) is 0. The molecule has 126 valence electrons. The van der Waals surface area contributed by atoms with Crippen LogP contribution in [0.5, 0.6) is 0 Å². The summed E-state index contributed by atoms with van der Waals surface area (Å²) in [4.78, 5) is 12.8. The van der Waals surface area contributed by atoms with Gasteiger partial charge in [-0.1, -0.05) is 35.3 Å². The second-order valence-electron chi connectivity index (χ2n) is 6.01. The Balaban J connectivity index is 1.98. The van der Waals surface area contributed by atoms with Gasteiger partial charge in [-0.2, -0.15) is 0 Å². The van der Waals surface area contributed by atoms with Gasteiger partial charge in [-0.3, -0.25) is 5.01 Å². The van der Waals surface area contributed by atoms with E-state index in [1.165, 1.54) is 16.1 Å². The predicted octanol–water partition coefficient (Wildman–Crippen LogP) is 5.23. The molecule has 0 saturated heterocycles. The predicted molar refractivity (Wildman–Crippen MR) is 100 cm³/mol. The van der Waals surface area contributed by atoms with Gasteiger partial charge in [0.1, 0.15) is 0 Å². The van der Waals surface area contributed by atoms with Gasteiger partial charge in [-0.15, -0.1) is 4.91 Å². The van der Waals surface area contributed by atoms with Crippen LogP contribution in [0.4, 0.5) is 11.4 Å². The maximum absolute atomic E-state index is 10.6.